The van der Waals surface area contributed by atoms with Gasteiger partial charge in [0.1, 0.15) is 5.75 Å². The summed E-state index contributed by atoms with van der Waals surface area (Å²) < 4.78 is 10.6. The van der Waals surface area contributed by atoms with Gasteiger partial charge in [0.25, 0.3) is 0 Å². The lowest BCUT2D eigenvalue weighted by Gasteiger charge is -2.06. The standard InChI is InChI=1S/C12H14NO2/c1-14-8-3-9-15-11-5-2-4-10-6-7-13-12(10)11/h2,4-5,7,13H,3,8-9H2,1H3. The zero-order valence-corrected chi connectivity index (χ0v) is 8.75. The second-order valence-electron chi connectivity index (χ2n) is 3.31. The number of benzene rings is 1. The summed E-state index contributed by atoms with van der Waals surface area (Å²) in [6.45, 7) is 1.40. The zero-order chi connectivity index (χ0) is 10.5. The highest BCUT2D eigenvalue weighted by Gasteiger charge is 2.01. The van der Waals surface area contributed by atoms with Crippen molar-refractivity contribution >= 4 is 10.9 Å². The molecule has 0 unspecified atom stereocenters. The van der Waals surface area contributed by atoms with Crippen LogP contribution in [0.5, 0.6) is 5.75 Å². The molecule has 15 heavy (non-hydrogen) atoms. The SMILES string of the molecule is COCCCOc1cccc2[c]c[nH]c12. The van der Waals surface area contributed by atoms with Crippen molar-refractivity contribution in [3.05, 3.63) is 30.5 Å². The third kappa shape index (κ3) is 2.30. The molecule has 3 nitrogen and oxygen atoms in total. The molecule has 1 radical (unpaired) electrons. The van der Waals surface area contributed by atoms with Crippen LogP contribution < -0.4 is 4.74 Å². The van der Waals surface area contributed by atoms with Crippen LogP contribution in [0.4, 0.5) is 0 Å². The molecule has 0 aliphatic heterocycles. The highest BCUT2D eigenvalue weighted by Crippen LogP contribution is 2.23. The Hall–Kier alpha value is -1.48. The molecule has 0 bridgehead atoms. The molecule has 2 rings (SSSR count). The van der Waals surface area contributed by atoms with Crippen LogP contribution in [-0.2, 0) is 4.74 Å². The predicted octanol–water partition coefficient (Wildman–Crippen LogP) is 2.38. The van der Waals surface area contributed by atoms with Gasteiger partial charge in [0, 0.05) is 37.8 Å². The lowest BCUT2D eigenvalue weighted by Crippen LogP contribution is -2.01. The molecule has 79 valence electrons. The Balaban J connectivity index is 2.04. The molecule has 0 saturated carbocycles. The third-order valence-electron chi connectivity index (χ3n) is 2.22. The van der Waals surface area contributed by atoms with Crippen molar-refractivity contribution in [2.24, 2.45) is 0 Å². The van der Waals surface area contributed by atoms with E-state index in [1.54, 1.807) is 13.3 Å². The normalized spacial score (nSPS) is 10.7. The van der Waals surface area contributed by atoms with E-state index in [-0.39, 0.29) is 0 Å². The minimum absolute atomic E-state index is 0.673. The van der Waals surface area contributed by atoms with E-state index in [0.29, 0.717) is 6.61 Å². The van der Waals surface area contributed by atoms with Gasteiger partial charge in [-0.1, -0.05) is 12.1 Å². The number of hydrogen-bond donors (Lipinski definition) is 1. The number of fused-ring (bicyclic) bond motifs is 1. The van der Waals surface area contributed by atoms with Crippen molar-refractivity contribution in [2.45, 2.75) is 6.42 Å². The summed E-state index contributed by atoms with van der Waals surface area (Å²) in [6, 6.07) is 9.04. The van der Waals surface area contributed by atoms with Gasteiger partial charge in [0.15, 0.2) is 0 Å². The third-order valence-corrected chi connectivity index (χ3v) is 2.22. The molecule has 0 aliphatic rings. The second-order valence-corrected chi connectivity index (χ2v) is 3.31. The molecule has 1 aromatic carbocycles. The molecule has 3 heteroatoms. The van der Waals surface area contributed by atoms with Gasteiger partial charge in [0.05, 0.1) is 12.1 Å². The molecule has 0 spiro atoms. The zero-order valence-electron chi connectivity index (χ0n) is 8.75. The monoisotopic (exact) mass is 204 g/mol. The molecule has 0 saturated heterocycles. The van der Waals surface area contributed by atoms with E-state index in [2.05, 4.69) is 11.1 Å². The summed E-state index contributed by atoms with van der Waals surface area (Å²) in [4.78, 5) is 3.12. The van der Waals surface area contributed by atoms with Crippen LogP contribution in [0.2, 0.25) is 0 Å². The molecular weight excluding hydrogens is 190 g/mol. The van der Waals surface area contributed by atoms with E-state index in [1.807, 2.05) is 18.2 Å². The van der Waals surface area contributed by atoms with E-state index >= 15 is 0 Å². The van der Waals surface area contributed by atoms with Gasteiger partial charge >= 0.3 is 0 Å². The topological polar surface area (TPSA) is 34.2 Å². The van der Waals surface area contributed by atoms with Crippen LogP contribution in [0.15, 0.2) is 24.4 Å². The maximum atomic E-state index is 5.65. The van der Waals surface area contributed by atoms with Crippen molar-refractivity contribution < 1.29 is 9.47 Å². The average molecular weight is 204 g/mol. The average Bonchev–Trinajstić information content (AvgIpc) is 2.73. The van der Waals surface area contributed by atoms with Crippen molar-refractivity contribution in [2.75, 3.05) is 20.3 Å². The summed E-state index contributed by atoms with van der Waals surface area (Å²) in [5.74, 6) is 0.879. The Labute approximate surface area is 89.0 Å². The van der Waals surface area contributed by atoms with Crippen LogP contribution in [0.25, 0.3) is 10.9 Å². The van der Waals surface area contributed by atoms with Crippen LogP contribution in [0.3, 0.4) is 0 Å². The van der Waals surface area contributed by atoms with E-state index in [0.717, 1.165) is 29.7 Å². The number of methoxy groups -OCH3 is 1. The molecule has 0 aliphatic carbocycles. The number of hydrogen-bond acceptors (Lipinski definition) is 2. The highest BCUT2D eigenvalue weighted by molar-refractivity contribution is 5.84. The molecule has 0 fully saturated rings. The van der Waals surface area contributed by atoms with Gasteiger partial charge in [-0.25, -0.2) is 0 Å². The van der Waals surface area contributed by atoms with Gasteiger partial charge in [-0.05, 0) is 6.07 Å². The quantitative estimate of drug-likeness (QED) is 0.759. The first-order valence-electron chi connectivity index (χ1n) is 5.01. The van der Waals surface area contributed by atoms with E-state index in [9.17, 15) is 0 Å². The maximum Gasteiger partial charge on any atom is 0.143 e. The molecular formula is C12H14NO2. The smallest absolute Gasteiger partial charge is 0.143 e. The van der Waals surface area contributed by atoms with E-state index in [1.165, 1.54) is 0 Å². The van der Waals surface area contributed by atoms with Crippen LogP contribution >= 0.6 is 0 Å². The summed E-state index contributed by atoms with van der Waals surface area (Å²) in [7, 11) is 1.70. The molecule has 1 N–H and O–H groups in total. The van der Waals surface area contributed by atoms with Crippen molar-refractivity contribution in [3.63, 3.8) is 0 Å². The molecule has 1 heterocycles. The summed E-state index contributed by atoms with van der Waals surface area (Å²) >= 11 is 0. The summed E-state index contributed by atoms with van der Waals surface area (Å²) in [5, 5.41) is 1.05. The number of rotatable bonds is 5. The molecule has 2 aromatic rings. The van der Waals surface area contributed by atoms with Gasteiger partial charge in [0.2, 0.25) is 0 Å². The fourth-order valence-corrected chi connectivity index (χ4v) is 1.49. The highest BCUT2D eigenvalue weighted by atomic mass is 16.5. The maximum absolute atomic E-state index is 5.65. The fraction of sp³-hybridized carbons (Fsp3) is 0.333. The van der Waals surface area contributed by atoms with Crippen molar-refractivity contribution in [3.8, 4) is 5.75 Å². The number of nitrogens with one attached hydrogen (secondary N) is 1. The fourth-order valence-electron chi connectivity index (χ4n) is 1.49. The number of H-pyrrole nitrogens is 1. The largest absolute Gasteiger partial charge is 0.491 e. The van der Waals surface area contributed by atoms with Crippen LogP contribution in [0, 0.1) is 6.07 Å². The van der Waals surface area contributed by atoms with Gasteiger partial charge in [-0.15, -0.1) is 0 Å². The number of aromatic amines is 1. The van der Waals surface area contributed by atoms with Gasteiger partial charge in [-0.2, -0.15) is 0 Å². The summed E-state index contributed by atoms with van der Waals surface area (Å²) in [6.07, 6.45) is 2.70. The Kier molecular flexibility index (Phi) is 3.25. The minimum Gasteiger partial charge on any atom is -0.491 e. The first kappa shape index (κ1) is 10.1. The van der Waals surface area contributed by atoms with Gasteiger partial charge < -0.3 is 14.5 Å². The number of ether oxygens (including phenoxy) is 2. The Bertz CT molecular complexity index is 422. The van der Waals surface area contributed by atoms with E-state index in [4.69, 9.17) is 9.47 Å². The van der Waals surface area contributed by atoms with Crippen LogP contribution in [-0.4, -0.2) is 25.3 Å². The predicted molar refractivity (Wildman–Crippen MR) is 59.1 cm³/mol. The Morgan fingerprint density at radius 1 is 1.33 bits per heavy atom. The van der Waals surface area contributed by atoms with Crippen molar-refractivity contribution in [1.82, 2.24) is 4.98 Å². The summed E-state index contributed by atoms with van der Waals surface area (Å²) in [5.41, 5.74) is 1.01. The van der Waals surface area contributed by atoms with Crippen molar-refractivity contribution in [1.29, 1.82) is 0 Å². The Morgan fingerprint density at radius 2 is 2.27 bits per heavy atom. The number of para-hydroxylation sites is 1. The molecule has 1 aromatic heterocycles. The second kappa shape index (κ2) is 4.84. The lowest BCUT2D eigenvalue weighted by atomic mass is 10.2. The minimum atomic E-state index is 0.673. The Morgan fingerprint density at radius 3 is 3.13 bits per heavy atom. The van der Waals surface area contributed by atoms with Crippen LogP contribution in [0.1, 0.15) is 6.42 Å². The lowest BCUT2D eigenvalue weighted by molar-refractivity contribution is 0.172. The number of aromatic nitrogens is 1. The first-order valence-corrected chi connectivity index (χ1v) is 5.01. The molecule has 0 atom stereocenters. The molecule has 0 amide bonds. The van der Waals surface area contributed by atoms with Gasteiger partial charge in [-0.3, -0.25) is 0 Å². The van der Waals surface area contributed by atoms with E-state index < -0.39 is 0 Å². The first-order chi connectivity index (χ1) is 7.42.